The molecular formula is C10H7F5O2. The highest BCUT2D eigenvalue weighted by atomic mass is 19.4. The number of hydrogen-bond acceptors (Lipinski definition) is 2. The highest BCUT2D eigenvalue weighted by molar-refractivity contribution is 5.94. The third-order valence-corrected chi connectivity index (χ3v) is 1.82. The molecule has 0 bridgehead atoms. The summed E-state index contributed by atoms with van der Waals surface area (Å²) in [5.41, 5.74) is -0.0134. The van der Waals surface area contributed by atoms with Crippen molar-refractivity contribution >= 4 is 5.78 Å². The van der Waals surface area contributed by atoms with Gasteiger partial charge < -0.3 is 4.74 Å². The van der Waals surface area contributed by atoms with Gasteiger partial charge in [-0.05, 0) is 19.1 Å². The van der Waals surface area contributed by atoms with Crippen molar-refractivity contribution in [3.8, 4) is 5.75 Å². The van der Waals surface area contributed by atoms with Gasteiger partial charge in [-0.1, -0.05) is 12.1 Å². The van der Waals surface area contributed by atoms with E-state index in [1.807, 2.05) is 0 Å². The van der Waals surface area contributed by atoms with Crippen molar-refractivity contribution in [2.24, 2.45) is 0 Å². The van der Waals surface area contributed by atoms with E-state index < -0.39 is 23.8 Å². The van der Waals surface area contributed by atoms with Crippen molar-refractivity contribution in [2.75, 3.05) is 0 Å². The number of rotatable bonds is 3. The zero-order valence-electron chi connectivity index (χ0n) is 8.52. The SMILES string of the molecule is CC(=O)c1cccc(OC(F)(F)C(F)(F)F)c1. The van der Waals surface area contributed by atoms with Gasteiger partial charge >= 0.3 is 12.3 Å². The summed E-state index contributed by atoms with van der Waals surface area (Å²) >= 11 is 0. The third-order valence-electron chi connectivity index (χ3n) is 1.82. The van der Waals surface area contributed by atoms with Crippen LogP contribution in [0.2, 0.25) is 0 Å². The van der Waals surface area contributed by atoms with Gasteiger partial charge in [-0.25, -0.2) is 0 Å². The zero-order valence-corrected chi connectivity index (χ0v) is 8.52. The minimum absolute atomic E-state index is 0.0134. The molecule has 0 aliphatic rings. The minimum atomic E-state index is -5.81. The smallest absolute Gasteiger partial charge is 0.426 e. The van der Waals surface area contributed by atoms with Crippen LogP contribution in [0, 0.1) is 0 Å². The van der Waals surface area contributed by atoms with E-state index in [1.165, 1.54) is 6.07 Å². The maximum absolute atomic E-state index is 12.5. The van der Waals surface area contributed by atoms with E-state index in [1.54, 1.807) is 0 Å². The van der Waals surface area contributed by atoms with Crippen LogP contribution in [-0.4, -0.2) is 18.1 Å². The molecule has 0 saturated heterocycles. The summed E-state index contributed by atoms with van der Waals surface area (Å²) in [6.07, 6.45) is -11.1. The van der Waals surface area contributed by atoms with E-state index in [2.05, 4.69) is 4.74 Å². The molecule has 0 fully saturated rings. The van der Waals surface area contributed by atoms with E-state index in [9.17, 15) is 26.7 Å². The van der Waals surface area contributed by atoms with E-state index in [0.29, 0.717) is 0 Å². The number of halogens is 5. The molecule has 94 valence electrons. The second-order valence-electron chi connectivity index (χ2n) is 3.20. The van der Waals surface area contributed by atoms with Crippen molar-refractivity contribution in [2.45, 2.75) is 19.2 Å². The van der Waals surface area contributed by atoms with E-state index in [4.69, 9.17) is 0 Å². The number of carbonyl (C=O) groups excluding carboxylic acids is 1. The van der Waals surface area contributed by atoms with Crippen molar-refractivity contribution < 1.29 is 31.5 Å². The standard InChI is InChI=1S/C10H7F5O2/c1-6(16)7-3-2-4-8(5-7)17-10(14,15)9(11,12)13/h2-5H,1H3. The fourth-order valence-corrected chi connectivity index (χ4v) is 0.984. The van der Waals surface area contributed by atoms with Crippen LogP contribution in [0.5, 0.6) is 5.75 Å². The molecular weight excluding hydrogens is 247 g/mol. The van der Waals surface area contributed by atoms with Crippen molar-refractivity contribution in [1.82, 2.24) is 0 Å². The van der Waals surface area contributed by atoms with Gasteiger partial charge in [-0.15, -0.1) is 0 Å². The highest BCUT2D eigenvalue weighted by Gasteiger charge is 2.61. The van der Waals surface area contributed by atoms with Crippen LogP contribution in [0.1, 0.15) is 17.3 Å². The predicted molar refractivity (Wildman–Crippen MR) is 48.1 cm³/mol. The molecule has 2 nitrogen and oxygen atoms in total. The number of carbonyl (C=O) groups is 1. The first-order valence-electron chi connectivity index (χ1n) is 4.38. The minimum Gasteiger partial charge on any atom is -0.426 e. The van der Waals surface area contributed by atoms with Crippen LogP contribution in [0.4, 0.5) is 22.0 Å². The van der Waals surface area contributed by atoms with Crippen LogP contribution >= 0.6 is 0 Å². The second kappa shape index (κ2) is 4.31. The Morgan fingerprint density at radius 3 is 2.24 bits per heavy atom. The number of Topliss-reactive ketones (excluding diaryl/α,β-unsaturated/α-hetero) is 1. The number of hydrogen-bond donors (Lipinski definition) is 0. The molecule has 0 aliphatic carbocycles. The van der Waals surface area contributed by atoms with E-state index >= 15 is 0 Å². The molecule has 0 heterocycles. The van der Waals surface area contributed by atoms with Gasteiger partial charge in [0, 0.05) is 5.56 Å². The monoisotopic (exact) mass is 254 g/mol. The Bertz CT molecular complexity index is 425. The average Bonchev–Trinajstić information content (AvgIpc) is 2.15. The van der Waals surface area contributed by atoms with Gasteiger partial charge in [0.15, 0.2) is 5.78 Å². The van der Waals surface area contributed by atoms with Crippen LogP contribution in [0.15, 0.2) is 24.3 Å². The Hall–Kier alpha value is -1.66. The molecule has 0 aliphatic heterocycles. The summed E-state index contributed by atoms with van der Waals surface area (Å²) in [6.45, 7) is 1.15. The normalized spacial score (nSPS) is 12.4. The first-order chi connectivity index (χ1) is 7.63. The molecule has 7 heteroatoms. The van der Waals surface area contributed by atoms with Crippen molar-refractivity contribution in [1.29, 1.82) is 0 Å². The molecule has 0 spiro atoms. The number of ether oxygens (including phenoxy) is 1. The maximum Gasteiger partial charge on any atom is 0.499 e. The molecule has 0 N–H and O–H groups in total. The lowest BCUT2D eigenvalue weighted by Gasteiger charge is -2.20. The van der Waals surface area contributed by atoms with Crippen molar-refractivity contribution in [3.05, 3.63) is 29.8 Å². The van der Waals surface area contributed by atoms with Gasteiger partial charge in [0.25, 0.3) is 0 Å². The molecule has 0 saturated carbocycles. The fraction of sp³-hybridized carbons (Fsp3) is 0.300. The molecule has 17 heavy (non-hydrogen) atoms. The van der Waals surface area contributed by atoms with Gasteiger partial charge in [0.05, 0.1) is 0 Å². The molecule has 0 unspecified atom stereocenters. The average molecular weight is 254 g/mol. The topological polar surface area (TPSA) is 26.3 Å². The van der Waals surface area contributed by atoms with Crippen LogP contribution in [0.25, 0.3) is 0 Å². The van der Waals surface area contributed by atoms with Crippen LogP contribution < -0.4 is 4.74 Å². The molecule has 0 radical (unpaired) electrons. The third kappa shape index (κ3) is 3.15. The van der Waals surface area contributed by atoms with Gasteiger partial charge in [-0.3, -0.25) is 4.79 Å². The van der Waals surface area contributed by atoms with Gasteiger partial charge in [-0.2, -0.15) is 22.0 Å². The fourth-order valence-electron chi connectivity index (χ4n) is 0.984. The molecule has 1 aromatic rings. The summed E-state index contributed by atoms with van der Waals surface area (Å²) in [5.74, 6) is -1.19. The Balaban J connectivity index is 2.96. The molecule has 0 aromatic heterocycles. The van der Waals surface area contributed by atoms with E-state index in [-0.39, 0.29) is 5.56 Å². The summed E-state index contributed by atoms with van der Waals surface area (Å²) in [6, 6.07) is 4.16. The lowest BCUT2D eigenvalue weighted by atomic mass is 10.1. The molecule has 1 aromatic carbocycles. The van der Waals surface area contributed by atoms with Crippen LogP contribution in [-0.2, 0) is 0 Å². The summed E-state index contributed by atoms with van der Waals surface area (Å²) in [7, 11) is 0. The number of alkyl halides is 5. The summed E-state index contributed by atoms with van der Waals surface area (Å²) < 4.78 is 64.1. The summed E-state index contributed by atoms with van der Waals surface area (Å²) in [4.78, 5) is 10.9. The predicted octanol–water partition coefficient (Wildman–Crippen LogP) is 3.42. The second-order valence-corrected chi connectivity index (χ2v) is 3.20. The van der Waals surface area contributed by atoms with Gasteiger partial charge in [0.1, 0.15) is 5.75 Å². The first kappa shape index (κ1) is 13.4. The lowest BCUT2D eigenvalue weighted by Crippen LogP contribution is -2.41. The number of ketones is 1. The molecule has 0 amide bonds. The Kier molecular flexibility index (Phi) is 3.40. The van der Waals surface area contributed by atoms with Gasteiger partial charge in [0.2, 0.25) is 0 Å². The summed E-state index contributed by atoms with van der Waals surface area (Å²) in [5, 5.41) is 0. The zero-order chi connectivity index (χ0) is 13.3. The largest absolute Gasteiger partial charge is 0.499 e. The van der Waals surface area contributed by atoms with Crippen molar-refractivity contribution in [3.63, 3.8) is 0 Å². The molecule has 1 rings (SSSR count). The maximum atomic E-state index is 12.5. The van der Waals surface area contributed by atoms with Crippen LogP contribution in [0.3, 0.4) is 0 Å². The first-order valence-corrected chi connectivity index (χ1v) is 4.38. The lowest BCUT2D eigenvalue weighted by molar-refractivity contribution is -0.360. The highest BCUT2D eigenvalue weighted by Crippen LogP contribution is 2.37. The quantitative estimate of drug-likeness (QED) is 0.610. The Morgan fingerprint density at radius 1 is 1.18 bits per heavy atom. The molecule has 0 atom stereocenters. The Morgan fingerprint density at radius 2 is 1.76 bits per heavy atom. The Labute approximate surface area is 93.0 Å². The number of benzene rings is 1. The van der Waals surface area contributed by atoms with E-state index in [0.717, 1.165) is 25.1 Å².